The zero-order valence-corrected chi connectivity index (χ0v) is 17.4. The summed E-state index contributed by atoms with van der Waals surface area (Å²) in [4.78, 5) is 4.30. The number of halogens is 1. The number of aromatic nitrogens is 5. The van der Waals surface area contributed by atoms with Crippen molar-refractivity contribution in [3.8, 4) is 28.4 Å². The maximum atomic E-state index is 15.0. The lowest BCUT2D eigenvalue weighted by atomic mass is 9.78. The maximum Gasteiger partial charge on any atom is 0.149 e. The molecule has 158 valence electrons. The van der Waals surface area contributed by atoms with E-state index in [-0.39, 0.29) is 11.3 Å². The van der Waals surface area contributed by atoms with Gasteiger partial charge in [0.2, 0.25) is 0 Å². The molecule has 1 aliphatic heterocycles. The van der Waals surface area contributed by atoms with Crippen molar-refractivity contribution in [2.24, 2.45) is 0 Å². The minimum atomic E-state index is -1.09. The fourth-order valence-electron chi connectivity index (χ4n) is 4.21. The van der Waals surface area contributed by atoms with Gasteiger partial charge in [0.05, 0.1) is 11.7 Å². The van der Waals surface area contributed by atoms with Gasteiger partial charge in [-0.1, -0.05) is 0 Å². The molecule has 9 heteroatoms. The van der Waals surface area contributed by atoms with Crippen LogP contribution in [0.15, 0.2) is 36.7 Å². The van der Waals surface area contributed by atoms with E-state index in [0.717, 1.165) is 0 Å². The molecular formula is C21H26FN7O. The molecule has 0 bridgehead atoms. The predicted octanol–water partition coefficient (Wildman–Crippen LogP) is 3.30. The fraction of sp³-hybridized carbons (Fsp3) is 0.429. The van der Waals surface area contributed by atoms with E-state index < -0.39 is 17.8 Å². The third kappa shape index (κ3) is 3.97. The summed E-state index contributed by atoms with van der Waals surface area (Å²) < 4.78 is 15.0. The molecule has 2 atom stereocenters. The number of hydrogen-bond donors (Lipinski definition) is 4. The van der Waals surface area contributed by atoms with Crippen LogP contribution in [0.4, 0.5) is 10.2 Å². The van der Waals surface area contributed by atoms with Crippen molar-refractivity contribution in [3.05, 3.63) is 36.7 Å². The van der Waals surface area contributed by atoms with Crippen molar-refractivity contribution in [1.82, 2.24) is 30.7 Å². The second-order valence-corrected chi connectivity index (χ2v) is 8.94. The van der Waals surface area contributed by atoms with Gasteiger partial charge in [-0.05, 0) is 58.4 Å². The Hall–Kier alpha value is -3.07. The van der Waals surface area contributed by atoms with Gasteiger partial charge in [0.25, 0.3) is 0 Å². The Labute approximate surface area is 174 Å². The smallest absolute Gasteiger partial charge is 0.149 e. The van der Waals surface area contributed by atoms with Gasteiger partial charge in [-0.25, -0.2) is 9.37 Å². The van der Waals surface area contributed by atoms with Crippen LogP contribution in [0, 0.1) is 0 Å². The lowest BCUT2D eigenvalue weighted by Crippen LogP contribution is -2.67. The van der Waals surface area contributed by atoms with E-state index in [9.17, 15) is 9.50 Å². The molecule has 1 aliphatic rings. The molecule has 3 aromatic rings. The van der Waals surface area contributed by atoms with E-state index in [1.165, 1.54) is 0 Å². The van der Waals surface area contributed by atoms with Crippen molar-refractivity contribution in [1.29, 1.82) is 0 Å². The van der Waals surface area contributed by atoms with Crippen LogP contribution < -0.4 is 10.6 Å². The summed E-state index contributed by atoms with van der Waals surface area (Å²) in [5.41, 5.74) is 1.26. The molecule has 0 unspecified atom stereocenters. The first-order chi connectivity index (χ1) is 14.1. The molecule has 4 heterocycles. The maximum absolute atomic E-state index is 15.0. The molecular weight excluding hydrogens is 385 g/mol. The summed E-state index contributed by atoms with van der Waals surface area (Å²) in [5.74, 6) is 0.462. The summed E-state index contributed by atoms with van der Waals surface area (Å²) in [7, 11) is 0. The molecule has 1 fully saturated rings. The Kier molecular flexibility index (Phi) is 4.93. The number of rotatable bonds is 4. The predicted molar refractivity (Wildman–Crippen MR) is 113 cm³/mol. The van der Waals surface area contributed by atoms with E-state index in [1.807, 2.05) is 13.8 Å². The molecule has 3 aromatic heterocycles. The van der Waals surface area contributed by atoms with E-state index in [4.69, 9.17) is 0 Å². The Morgan fingerprint density at radius 1 is 1.13 bits per heavy atom. The number of H-pyrrole nitrogens is 1. The largest absolute Gasteiger partial charge is 0.506 e. The second kappa shape index (κ2) is 7.32. The van der Waals surface area contributed by atoms with E-state index >= 15 is 0 Å². The van der Waals surface area contributed by atoms with Gasteiger partial charge in [0.15, 0.2) is 0 Å². The van der Waals surface area contributed by atoms with Gasteiger partial charge in [0.1, 0.15) is 29.1 Å². The van der Waals surface area contributed by atoms with Gasteiger partial charge in [-0.15, -0.1) is 10.2 Å². The number of hydrogen-bond acceptors (Lipinski definition) is 7. The number of nitrogens with zero attached hydrogens (tertiary/aromatic N) is 4. The van der Waals surface area contributed by atoms with Crippen LogP contribution in [0.3, 0.4) is 0 Å². The van der Waals surface area contributed by atoms with Gasteiger partial charge in [-0.2, -0.15) is 5.10 Å². The van der Waals surface area contributed by atoms with Crippen LogP contribution >= 0.6 is 0 Å². The molecule has 30 heavy (non-hydrogen) atoms. The first-order valence-electron chi connectivity index (χ1n) is 9.88. The zero-order chi connectivity index (χ0) is 21.5. The van der Waals surface area contributed by atoms with E-state index in [0.29, 0.717) is 34.9 Å². The molecule has 0 aromatic carbocycles. The average molecular weight is 411 g/mol. The van der Waals surface area contributed by atoms with Crippen molar-refractivity contribution in [2.45, 2.75) is 57.4 Å². The summed E-state index contributed by atoms with van der Waals surface area (Å²) in [6.07, 6.45) is 2.83. The van der Waals surface area contributed by atoms with E-state index in [2.05, 4.69) is 49.9 Å². The van der Waals surface area contributed by atoms with Crippen LogP contribution in [-0.4, -0.2) is 53.8 Å². The SMILES string of the molecule is CC1(C)C[C@@H](Nc2ccc(-c3ncc(-c4cc[nH]n4)cc3O)nn2)[C@@H](F)C(C)(C)N1. The van der Waals surface area contributed by atoms with Gasteiger partial charge < -0.3 is 15.7 Å². The van der Waals surface area contributed by atoms with Crippen LogP contribution in [0.25, 0.3) is 22.6 Å². The first-order valence-corrected chi connectivity index (χ1v) is 9.88. The Morgan fingerprint density at radius 2 is 1.93 bits per heavy atom. The highest BCUT2D eigenvalue weighted by Gasteiger charge is 2.46. The Morgan fingerprint density at radius 3 is 2.57 bits per heavy atom. The summed E-state index contributed by atoms with van der Waals surface area (Å²) in [6, 6.07) is 6.41. The number of nitrogens with one attached hydrogen (secondary N) is 3. The lowest BCUT2D eigenvalue weighted by Gasteiger charge is -2.48. The molecule has 0 saturated carbocycles. The molecule has 0 aliphatic carbocycles. The van der Waals surface area contributed by atoms with Crippen molar-refractivity contribution >= 4 is 5.82 Å². The molecule has 0 radical (unpaired) electrons. The highest BCUT2D eigenvalue weighted by atomic mass is 19.1. The summed E-state index contributed by atoms with van der Waals surface area (Å²) in [6.45, 7) is 7.85. The lowest BCUT2D eigenvalue weighted by molar-refractivity contribution is 0.0655. The van der Waals surface area contributed by atoms with Crippen molar-refractivity contribution in [3.63, 3.8) is 0 Å². The highest BCUT2D eigenvalue weighted by molar-refractivity contribution is 5.68. The summed E-state index contributed by atoms with van der Waals surface area (Å²) >= 11 is 0. The molecule has 4 N–H and O–H groups in total. The number of alkyl halides is 1. The molecule has 0 spiro atoms. The first kappa shape index (κ1) is 20.2. The van der Waals surface area contributed by atoms with Crippen molar-refractivity contribution < 1.29 is 9.50 Å². The highest BCUT2D eigenvalue weighted by Crippen LogP contribution is 2.33. The molecule has 8 nitrogen and oxygen atoms in total. The quantitative estimate of drug-likeness (QED) is 0.521. The molecule has 4 rings (SSSR count). The summed E-state index contributed by atoms with van der Waals surface area (Å²) in [5, 5.41) is 32.1. The number of piperidine rings is 1. The van der Waals surface area contributed by atoms with Gasteiger partial charge in [-0.3, -0.25) is 5.10 Å². The normalized spacial score (nSPS) is 22.6. The topological polar surface area (TPSA) is 112 Å². The van der Waals surface area contributed by atoms with Crippen LogP contribution in [-0.2, 0) is 0 Å². The van der Waals surface area contributed by atoms with Crippen LogP contribution in [0.2, 0.25) is 0 Å². The number of anilines is 1. The fourth-order valence-corrected chi connectivity index (χ4v) is 4.21. The monoisotopic (exact) mass is 411 g/mol. The minimum absolute atomic E-state index is 0.0174. The van der Waals surface area contributed by atoms with Gasteiger partial charge in [0, 0.05) is 29.0 Å². The van der Waals surface area contributed by atoms with Crippen LogP contribution in [0.1, 0.15) is 34.1 Å². The number of aromatic amines is 1. The third-order valence-corrected chi connectivity index (χ3v) is 5.34. The molecule has 0 amide bonds. The number of aromatic hydroxyl groups is 1. The van der Waals surface area contributed by atoms with E-state index in [1.54, 1.807) is 36.7 Å². The Bertz CT molecular complexity index is 1020. The number of pyridine rings is 1. The van der Waals surface area contributed by atoms with Crippen molar-refractivity contribution in [2.75, 3.05) is 5.32 Å². The van der Waals surface area contributed by atoms with Gasteiger partial charge >= 0.3 is 0 Å². The second-order valence-electron chi connectivity index (χ2n) is 8.94. The molecule has 1 saturated heterocycles. The average Bonchev–Trinajstić information content (AvgIpc) is 3.20. The third-order valence-electron chi connectivity index (χ3n) is 5.34. The Balaban J connectivity index is 1.52. The minimum Gasteiger partial charge on any atom is -0.506 e. The van der Waals surface area contributed by atoms with Crippen LogP contribution in [0.5, 0.6) is 5.75 Å². The standard InChI is InChI=1S/C21H26FN7O/c1-20(2)10-15(19(22)21(3,4)29-20)25-17-6-5-14(27-28-17)18-16(30)9-12(11-23-18)13-7-8-24-26-13/h5-9,11,15,19,29-30H,10H2,1-4H3,(H,24,26)(H,25,28)/t15-,19-/m1/s1. The zero-order valence-electron chi connectivity index (χ0n) is 17.4.